The van der Waals surface area contributed by atoms with Crippen LogP contribution in [0.1, 0.15) is 25.7 Å². The van der Waals surface area contributed by atoms with Crippen LogP contribution in [0, 0.1) is 0 Å². The molecule has 0 spiro atoms. The maximum absolute atomic E-state index is 12.3. The highest BCUT2D eigenvalue weighted by Gasteiger charge is 2.32. The Hall–Kier alpha value is -3.31. The first-order valence-corrected chi connectivity index (χ1v) is 9.91. The summed E-state index contributed by atoms with van der Waals surface area (Å²) in [7, 11) is 0. The molecule has 2 amide bonds. The maximum atomic E-state index is 12.3. The van der Waals surface area contributed by atoms with Crippen molar-refractivity contribution in [3.63, 3.8) is 0 Å². The Bertz CT molecular complexity index is 926. The molecule has 0 heterocycles. The van der Waals surface area contributed by atoms with E-state index in [1.807, 2.05) is 0 Å². The largest absolute Gasteiger partial charge is 0.573 e. The average molecular weight is 478 g/mol. The van der Waals surface area contributed by atoms with Crippen LogP contribution in [0.2, 0.25) is 0 Å². The van der Waals surface area contributed by atoms with Crippen molar-refractivity contribution < 1.29 is 45.3 Å². The van der Waals surface area contributed by atoms with Gasteiger partial charge in [0, 0.05) is 17.8 Å². The summed E-state index contributed by atoms with van der Waals surface area (Å²) in [6.45, 7) is 0. The van der Waals surface area contributed by atoms with Crippen LogP contribution in [0.25, 0.3) is 0 Å². The lowest BCUT2D eigenvalue weighted by molar-refractivity contribution is -0.275. The van der Waals surface area contributed by atoms with Gasteiger partial charge in [-0.05, 0) is 62.1 Å². The van der Waals surface area contributed by atoms with Gasteiger partial charge in [-0.15, -0.1) is 26.3 Å². The number of carbonyl (C=O) groups excluding carboxylic acids is 1. The van der Waals surface area contributed by atoms with Gasteiger partial charge in [-0.2, -0.15) is 0 Å². The zero-order chi connectivity index (χ0) is 24.1. The molecule has 180 valence electrons. The second-order valence-electron chi connectivity index (χ2n) is 7.28. The Morgan fingerprint density at radius 2 is 1.36 bits per heavy atom. The Labute approximate surface area is 184 Å². The van der Waals surface area contributed by atoms with Crippen LogP contribution in [0.4, 0.5) is 36.8 Å². The molecule has 1 aliphatic rings. The third-order valence-corrected chi connectivity index (χ3v) is 4.69. The van der Waals surface area contributed by atoms with Gasteiger partial charge < -0.3 is 24.8 Å². The number of nitrogens with one attached hydrogen (secondary N) is 2. The lowest BCUT2D eigenvalue weighted by Crippen LogP contribution is -2.41. The molecular formula is C21H20F6N2O4. The lowest BCUT2D eigenvalue weighted by atomic mass is 9.93. The van der Waals surface area contributed by atoms with E-state index < -0.39 is 24.5 Å². The third-order valence-electron chi connectivity index (χ3n) is 4.69. The van der Waals surface area contributed by atoms with Crippen molar-refractivity contribution in [3.05, 3.63) is 48.5 Å². The van der Waals surface area contributed by atoms with E-state index in [0.29, 0.717) is 31.4 Å². The summed E-state index contributed by atoms with van der Waals surface area (Å²) >= 11 is 0. The first kappa shape index (κ1) is 24.3. The SMILES string of the molecule is O=C(Nc1cccc(OC(F)(F)F)c1)NC1CCC(Oc2ccc(OC(F)(F)F)cc2)CC1. The number of ether oxygens (including phenoxy) is 3. The molecule has 0 bridgehead atoms. The van der Waals surface area contributed by atoms with Crippen LogP contribution in [0.3, 0.4) is 0 Å². The van der Waals surface area contributed by atoms with Gasteiger partial charge in [0.25, 0.3) is 0 Å². The minimum absolute atomic E-state index is 0.143. The number of amides is 2. The lowest BCUT2D eigenvalue weighted by Gasteiger charge is -2.29. The standard InChI is InChI=1S/C21H20F6N2O4/c22-20(23,24)32-17-10-8-16(9-11-17)31-15-6-4-13(5-7-15)28-19(30)29-14-2-1-3-18(12-14)33-21(25,26)27/h1-3,8-13,15H,4-7H2,(H2,28,29,30). The van der Waals surface area contributed by atoms with Crippen LogP contribution in [-0.2, 0) is 0 Å². The minimum atomic E-state index is -4.83. The maximum Gasteiger partial charge on any atom is 0.573 e. The molecule has 0 unspecified atom stereocenters. The number of alkyl halides is 6. The summed E-state index contributed by atoms with van der Waals surface area (Å²) in [4.78, 5) is 12.2. The molecule has 33 heavy (non-hydrogen) atoms. The molecular weight excluding hydrogens is 458 g/mol. The molecule has 3 rings (SSSR count). The smallest absolute Gasteiger partial charge is 0.490 e. The molecule has 6 nitrogen and oxygen atoms in total. The monoisotopic (exact) mass is 478 g/mol. The number of hydrogen-bond acceptors (Lipinski definition) is 4. The fourth-order valence-electron chi connectivity index (χ4n) is 3.36. The van der Waals surface area contributed by atoms with E-state index in [0.717, 1.165) is 24.3 Å². The summed E-state index contributed by atoms with van der Waals surface area (Å²) in [5, 5.41) is 5.22. The molecule has 0 aromatic heterocycles. The van der Waals surface area contributed by atoms with Crippen molar-refractivity contribution in [2.24, 2.45) is 0 Å². The number of halogens is 6. The summed E-state index contributed by atoms with van der Waals surface area (Å²) in [5.41, 5.74) is 0.143. The van der Waals surface area contributed by atoms with Crippen LogP contribution < -0.4 is 24.8 Å². The molecule has 1 saturated carbocycles. The van der Waals surface area contributed by atoms with E-state index in [9.17, 15) is 31.1 Å². The Morgan fingerprint density at radius 3 is 1.97 bits per heavy atom. The molecule has 0 atom stereocenters. The highest BCUT2D eigenvalue weighted by Crippen LogP contribution is 2.28. The normalized spacial score (nSPS) is 18.8. The first-order chi connectivity index (χ1) is 15.4. The molecule has 0 saturated heterocycles. The summed E-state index contributed by atoms with van der Waals surface area (Å²) in [6.07, 6.45) is -7.40. The second-order valence-corrected chi connectivity index (χ2v) is 7.28. The minimum Gasteiger partial charge on any atom is -0.490 e. The highest BCUT2D eigenvalue weighted by molar-refractivity contribution is 5.89. The van der Waals surface area contributed by atoms with Gasteiger partial charge >= 0.3 is 18.8 Å². The van der Waals surface area contributed by atoms with Crippen molar-refractivity contribution in [1.82, 2.24) is 5.32 Å². The second kappa shape index (κ2) is 10.1. The van der Waals surface area contributed by atoms with Gasteiger partial charge in [0.1, 0.15) is 17.2 Å². The molecule has 0 radical (unpaired) electrons. The van der Waals surface area contributed by atoms with E-state index >= 15 is 0 Å². The number of hydrogen-bond donors (Lipinski definition) is 2. The fraction of sp³-hybridized carbons (Fsp3) is 0.381. The van der Waals surface area contributed by atoms with Crippen LogP contribution in [0.5, 0.6) is 17.2 Å². The predicted octanol–water partition coefficient (Wildman–Crippen LogP) is 6.00. The predicted molar refractivity (Wildman–Crippen MR) is 105 cm³/mol. The third kappa shape index (κ3) is 8.62. The number of urea groups is 1. The van der Waals surface area contributed by atoms with Crippen LogP contribution in [-0.4, -0.2) is 30.9 Å². The molecule has 2 aromatic rings. The van der Waals surface area contributed by atoms with Gasteiger partial charge in [0.2, 0.25) is 0 Å². The van der Waals surface area contributed by atoms with E-state index in [-0.39, 0.29) is 23.6 Å². The van der Waals surface area contributed by atoms with Gasteiger partial charge in [0.15, 0.2) is 0 Å². The Morgan fingerprint density at radius 1 is 0.788 bits per heavy atom. The average Bonchev–Trinajstić information content (AvgIpc) is 2.69. The first-order valence-electron chi connectivity index (χ1n) is 9.91. The summed E-state index contributed by atoms with van der Waals surface area (Å²) in [6, 6.07) is 9.29. The number of anilines is 1. The van der Waals surface area contributed by atoms with Gasteiger partial charge in [-0.25, -0.2) is 4.79 Å². The van der Waals surface area contributed by atoms with E-state index in [4.69, 9.17) is 4.74 Å². The van der Waals surface area contributed by atoms with Gasteiger partial charge in [-0.1, -0.05) is 6.07 Å². The number of carbonyl (C=O) groups is 1. The zero-order valence-corrected chi connectivity index (χ0v) is 17.0. The van der Waals surface area contributed by atoms with Crippen molar-refractivity contribution in [1.29, 1.82) is 0 Å². The van der Waals surface area contributed by atoms with Gasteiger partial charge in [0.05, 0.1) is 6.10 Å². The zero-order valence-electron chi connectivity index (χ0n) is 17.0. The van der Waals surface area contributed by atoms with E-state index in [2.05, 4.69) is 20.1 Å². The van der Waals surface area contributed by atoms with Crippen LogP contribution >= 0.6 is 0 Å². The van der Waals surface area contributed by atoms with Crippen molar-refractivity contribution >= 4 is 11.7 Å². The Balaban J connectivity index is 1.42. The molecule has 1 aliphatic carbocycles. The van der Waals surface area contributed by atoms with Crippen molar-refractivity contribution in [2.75, 3.05) is 5.32 Å². The summed E-state index contributed by atoms with van der Waals surface area (Å²) in [5.74, 6) is -0.389. The molecule has 0 aliphatic heterocycles. The molecule has 2 aromatic carbocycles. The van der Waals surface area contributed by atoms with E-state index in [1.165, 1.54) is 24.3 Å². The molecule has 2 N–H and O–H groups in total. The van der Waals surface area contributed by atoms with Crippen molar-refractivity contribution in [3.8, 4) is 17.2 Å². The fourth-order valence-corrected chi connectivity index (χ4v) is 3.36. The van der Waals surface area contributed by atoms with Crippen LogP contribution in [0.15, 0.2) is 48.5 Å². The van der Waals surface area contributed by atoms with E-state index in [1.54, 1.807) is 0 Å². The summed E-state index contributed by atoms with van der Waals surface area (Å²) < 4.78 is 87.0. The quantitative estimate of drug-likeness (QED) is 0.500. The number of rotatable bonds is 6. The molecule has 1 fully saturated rings. The Kier molecular flexibility index (Phi) is 7.44. The highest BCUT2D eigenvalue weighted by atomic mass is 19.4. The van der Waals surface area contributed by atoms with Gasteiger partial charge in [-0.3, -0.25) is 0 Å². The topological polar surface area (TPSA) is 68.8 Å². The molecule has 12 heteroatoms. The van der Waals surface area contributed by atoms with Crippen molar-refractivity contribution in [2.45, 2.75) is 50.6 Å². The number of benzene rings is 2.